The van der Waals surface area contributed by atoms with E-state index in [2.05, 4.69) is 20.5 Å². The lowest BCUT2D eigenvalue weighted by Crippen LogP contribution is -2.08. The Kier molecular flexibility index (Phi) is 2.78. The fourth-order valence-electron chi connectivity index (χ4n) is 1.28. The number of aromatic nitrogens is 4. The Bertz CT molecular complexity index is 524. The van der Waals surface area contributed by atoms with Crippen LogP contribution < -0.4 is 5.32 Å². The van der Waals surface area contributed by atoms with Gasteiger partial charge in [0.1, 0.15) is 11.9 Å². The summed E-state index contributed by atoms with van der Waals surface area (Å²) in [6.07, 6.45) is 5.07. The highest BCUT2D eigenvalue weighted by atomic mass is 15.2. The Labute approximate surface area is 92.6 Å². The molecule has 2 aromatic heterocycles. The first-order valence-corrected chi connectivity index (χ1v) is 4.73. The molecule has 0 aliphatic heterocycles. The molecular weight excluding hydrogens is 204 g/mol. The summed E-state index contributed by atoms with van der Waals surface area (Å²) >= 11 is 0. The third kappa shape index (κ3) is 1.98. The molecule has 0 amide bonds. The number of hydrogen-bond acceptors (Lipinski definition) is 5. The molecule has 2 rings (SSSR count). The Morgan fingerprint density at radius 1 is 1.50 bits per heavy atom. The third-order valence-corrected chi connectivity index (χ3v) is 2.18. The molecule has 0 fully saturated rings. The molecule has 80 valence electrons. The van der Waals surface area contributed by atoms with Crippen LogP contribution in [-0.2, 0) is 13.6 Å². The minimum Gasteiger partial charge on any atom is -0.360 e. The lowest BCUT2D eigenvalue weighted by atomic mass is 10.3. The van der Waals surface area contributed by atoms with E-state index in [1.807, 2.05) is 23.9 Å². The highest BCUT2D eigenvalue weighted by molar-refractivity contribution is 5.50. The van der Waals surface area contributed by atoms with Crippen molar-refractivity contribution in [3.63, 3.8) is 0 Å². The smallest absolute Gasteiger partial charge is 0.167 e. The molecule has 6 nitrogen and oxygen atoms in total. The number of imidazole rings is 1. The third-order valence-electron chi connectivity index (χ3n) is 2.18. The van der Waals surface area contributed by atoms with Gasteiger partial charge in [0.15, 0.2) is 5.82 Å². The summed E-state index contributed by atoms with van der Waals surface area (Å²) in [5, 5.41) is 19.5. The number of rotatable bonds is 3. The molecule has 0 saturated heterocycles. The molecule has 0 unspecified atom stereocenters. The van der Waals surface area contributed by atoms with Gasteiger partial charge in [-0.05, 0) is 6.07 Å². The van der Waals surface area contributed by atoms with Gasteiger partial charge in [0.2, 0.25) is 0 Å². The molecule has 2 aromatic rings. The van der Waals surface area contributed by atoms with Crippen LogP contribution in [0.15, 0.2) is 24.7 Å². The van der Waals surface area contributed by atoms with Crippen LogP contribution in [0.5, 0.6) is 0 Å². The van der Waals surface area contributed by atoms with Gasteiger partial charge in [0, 0.05) is 19.4 Å². The monoisotopic (exact) mass is 214 g/mol. The lowest BCUT2D eigenvalue weighted by Gasteiger charge is -2.05. The van der Waals surface area contributed by atoms with Crippen molar-refractivity contribution in [2.45, 2.75) is 6.54 Å². The molecule has 0 spiro atoms. The van der Waals surface area contributed by atoms with E-state index in [1.165, 1.54) is 6.20 Å². The predicted octanol–water partition coefficient (Wildman–Crippen LogP) is 0.694. The number of nitriles is 1. The number of nitrogens with zero attached hydrogens (tertiary/aromatic N) is 5. The van der Waals surface area contributed by atoms with Gasteiger partial charge < -0.3 is 9.88 Å². The molecular formula is C10H10N6. The van der Waals surface area contributed by atoms with Crippen molar-refractivity contribution < 1.29 is 0 Å². The van der Waals surface area contributed by atoms with Gasteiger partial charge >= 0.3 is 0 Å². The van der Waals surface area contributed by atoms with Crippen molar-refractivity contribution >= 4 is 5.82 Å². The second kappa shape index (κ2) is 4.40. The van der Waals surface area contributed by atoms with E-state index in [0.717, 1.165) is 5.82 Å². The summed E-state index contributed by atoms with van der Waals surface area (Å²) in [6, 6.07) is 3.67. The molecule has 1 N–H and O–H groups in total. The van der Waals surface area contributed by atoms with Gasteiger partial charge in [0.05, 0.1) is 18.3 Å². The van der Waals surface area contributed by atoms with Gasteiger partial charge in [-0.1, -0.05) is 0 Å². The first kappa shape index (κ1) is 10.1. The number of hydrogen-bond donors (Lipinski definition) is 1. The highest BCUT2D eigenvalue weighted by Crippen LogP contribution is 2.09. The molecule has 0 atom stereocenters. The van der Waals surface area contributed by atoms with Crippen LogP contribution in [0.25, 0.3) is 0 Å². The zero-order valence-corrected chi connectivity index (χ0v) is 8.75. The first-order valence-electron chi connectivity index (χ1n) is 4.73. The highest BCUT2D eigenvalue weighted by Gasteiger charge is 2.04. The molecule has 0 aromatic carbocycles. The molecule has 0 bridgehead atoms. The maximum absolute atomic E-state index is 8.85. The first-order chi connectivity index (χ1) is 7.81. The zero-order valence-electron chi connectivity index (χ0n) is 8.75. The molecule has 0 radical (unpaired) electrons. The van der Waals surface area contributed by atoms with Gasteiger partial charge in [-0.3, -0.25) is 0 Å². The fraction of sp³-hybridized carbons (Fsp3) is 0.200. The molecule has 2 heterocycles. The molecule has 16 heavy (non-hydrogen) atoms. The van der Waals surface area contributed by atoms with Gasteiger partial charge in [-0.25, -0.2) is 4.98 Å². The van der Waals surface area contributed by atoms with Crippen LogP contribution in [0.4, 0.5) is 5.82 Å². The molecule has 0 saturated carbocycles. The van der Waals surface area contributed by atoms with Crippen LogP contribution in [-0.4, -0.2) is 19.7 Å². The quantitative estimate of drug-likeness (QED) is 0.813. The summed E-state index contributed by atoms with van der Waals surface area (Å²) in [7, 11) is 1.91. The predicted molar refractivity (Wildman–Crippen MR) is 57.3 cm³/mol. The van der Waals surface area contributed by atoms with E-state index in [9.17, 15) is 0 Å². The van der Waals surface area contributed by atoms with Crippen LogP contribution in [0, 0.1) is 11.3 Å². The Hall–Kier alpha value is -2.42. The topological polar surface area (TPSA) is 79.4 Å². The minimum atomic E-state index is 0.476. The van der Waals surface area contributed by atoms with E-state index in [4.69, 9.17) is 5.26 Å². The minimum absolute atomic E-state index is 0.476. The standard InChI is InChI=1S/C10H10N6/c1-16-5-4-12-9(16)7-13-10-8(6-11)2-3-14-15-10/h2-5H,7H2,1H3,(H,13,15). The fourth-order valence-corrected chi connectivity index (χ4v) is 1.28. The molecule has 6 heteroatoms. The van der Waals surface area contributed by atoms with E-state index in [1.54, 1.807) is 12.3 Å². The molecule has 0 aliphatic rings. The van der Waals surface area contributed by atoms with E-state index < -0.39 is 0 Å². The van der Waals surface area contributed by atoms with Crippen LogP contribution >= 0.6 is 0 Å². The number of aryl methyl sites for hydroxylation is 1. The maximum Gasteiger partial charge on any atom is 0.167 e. The average molecular weight is 214 g/mol. The van der Waals surface area contributed by atoms with Crippen molar-refractivity contribution in [2.24, 2.45) is 7.05 Å². The van der Waals surface area contributed by atoms with Gasteiger partial charge in [-0.2, -0.15) is 10.4 Å². The summed E-state index contributed by atoms with van der Waals surface area (Å²) in [5.74, 6) is 1.35. The zero-order chi connectivity index (χ0) is 11.4. The van der Waals surface area contributed by atoms with Crippen molar-refractivity contribution in [3.8, 4) is 6.07 Å². The van der Waals surface area contributed by atoms with Crippen molar-refractivity contribution in [1.29, 1.82) is 5.26 Å². The summed E-state index contributed by atoms with van der Waals surface area (Å²) in [4.78, 5) is 4.16. The Morgan fingerprint density at radius 2 is 2.38 bits per heavy atom. The molecule has 0 aliphatic carbocycles. The second-order valence-corrected chi connectivity index (χ2v) is 3.21. The Balaban J connectivity index is 2.11. The normalized spacial score (nSPS) is 9.75. The summed E-state index contributed by atoms with van der Waals surface area (Å²) < 4.78 is 1.90. The van der Waals surface area contributed by atoms with Crippen LogP contribution in [0.1, 0.15) is 11.4 Å². The van der Waals surface area contributed by atoms with Crippen molar-refractivity contribution in [3.05, 3.63) is 36.0 Å². The second-order valence-electron chi connectivity index (χ2n) is 3.21. The van der Waals surface area contributed by atoms with Gasteiger partial charge in [-0.15, -0.1) is 5.10 Å². The summed E-state index contributed by atoms with van der Waals surface area (Å²) in [6.45, 7) is 0.511. The summed E-state index contributed by atoms with van der Waals surface area (Å²) in [5.41, 5.74) is 0.476. The van der Waals surface area contributed by atoms with Crippen molar-refractivity contribution in [1.82, 2.24) is 19.7 Å². The number of anilines is 1. The van der Waals surface area contributed by atoms with E-state index in [0.29, 0.717) is 17.9 Å². The van der Waals surface area contributed by atoms with Crippen molar-refractivity contribution in [2.75, 3.05) is 5.32 Å². The van der Waals surface area contributed by atoms with Crippen LogP contribution in [0.2, 0.25) is 0 Å². The Morgan fingerprint density at radius 3 is 3.06 bits per heavy atom. The van der Waals surface area contributed by atoms with E-state index in [-0.39, 0.29) is 0 Å². The lowest BCUT2D eigenvalue weighted by molar-refractivity contribution is 0.808. The van der Waals surface area contributed by atoms with E-state index >= 15 is 0 Å². The average Bonchev–Trinajstić information content (AvgIpc) is 2.72. The maximum atomic E-state index is 8.85. The number of nitrogens with one attached hydrogen (secondary N) is 1. The SMILES string of the molecule is Cn1ccnc1CNc1nnccc1C#N. The van der Waals surface area contributed by atoms with Crippen LogP contribution in [0.3, 0.4) is 0 Å². The largest absolute Gasteiger partial charge is 0.360 e. The van der Waals surface area contributed by atoms with Gasteiger partial charge in [0.25, 0.3) is 0 Å².